The molecule has 1 aliphatic carbocycles. The number of aromatic nitrogens is 1. The molecule has 1 aliphatic rings. The molecule has 1 heterocycles. The highest BCUT2D eigenvalue weighted by Gasteiger charge is 2.11. The fourth-order valence-electron chi connectivity index (χ4n) is 2.07. The van der Waals surface area contributed by atoms with E-state index in [1.54, 1.807) is 0 Å². The maximum Gasteiger partial charge on any atom is 0.0312 e. The maximum absolute atomic E-state index is 4.11. The van der Waals surface area contributed by atoms with Crippen molar-refractivity contribution >= 4 is 0 Å². The van der Waals surface area contributed by atoms with E-state index in [0.717, 1.165) is 12.6 Å². The zero-order valence-corrected chi connectivity index (χ0v) is 10.8. The molecular weight excluding hydrogens is 243 g/mol. The van der Waals surface area contributed by atoms with Gasteiger partial charge in [0.25, 0.3) is 0 Å². The SMILES string of the molecule is [Cl-].[Cl-].c1cncc(CNC2CCCCC2)c1. The van der Waals surface area contributed by atoms with E-state index in [-0.39, 0.29) is 24.8 Å². The molecule has 0 amide bonds. The molecular formula is C12H18Cl2N2-2. The molecule has 1 fully saturated rings. The molecule has 1 saturated carbocycles. The Morgan fingerprint density at radius 1 is 1.19 bits per heavy atom. The second-order valence-corrected chi connectivity index (χ2v) is 4.08. The van der Waals surface area contributed by atoms with Crippen molar-refractivity contribution in [3.05, 3.63) is 30.1 Å². The molecule has 0 radical (unpaired) electrons. The van der Waals surface area contributed by atoms with Crippen LogP contribution >= 0.6 is 0 Å². The summed E-state index contributed by atoms with van der Waals surface area (Å²) in [6.45, 7) is 0.971. The van der Waals surface area contributed by atoms with Gasteiger partial charge in [-0.2, -0.15) is 0 Å². The maximum atomic E-state index is 4.11. The lowest BCUT2D eigenvalue weighted by Gasteiger charge is -2.22. The van der Waals surface area contributed by atoms with Crippen LogP contribution in [0.25, 0.3) is 0 Å². The minimum atomic E-state index is 0. The standard InChI is InChI=1S/C12H18N2.2ClH/c1-2-6-12(7-3-1)14-10-11-5-4-8-13-9-11;;/h4-5,8-9,12,14H,1-3,6-7,10H2;2*1H/p-2. The van der Waals surface area contributed by atoms with Gasteiger partial charge in [0.05, 0.1) is 0 Å². The molecule has 16 heavy (non-hydrogen) atoms. The largest absolute Gasteiger partial charge is 1.00 e. The van der Waals surface area contributed by atoms with Gasteiger partial charge in [0, 0.05) is 25.0 Å². The Hall–Kier alpha value is -0.310. The molecule has 2 rings (SSSR count). The van der Waals surface area contributed by atoms with Gasteiger partial charge >= 0.3 is 0 Å². The first-order chi connectivity index (χ1) is 6.95. The summed E-state index contributed by atoms with van der Waals surface area (Å²) in [6, 6.07) is 4.87. The number of rotatable bonds is 3. The van der Waals surface area contributed by atoms with Gasteiger partial charge in [-0.1, -0.05) is 25.3 Å². The topological polar surface area (TPSA) is 24.9 Å². The molecule has 0 saturated heterocycles. The first-order valence-corrected chi connectivity index (χ1v) is 5.57. The van der Waals surface area contributed by atoms with Crippen LogP contribution in [0.5, 0.6) is 0 Å². The van der Waals surface area contributed by atoms with E-state index in [9.17, 15) is 0 Å². The summed E-state index contributed by atoms with van der Waals surface area (Å²) in [6.07, 6.45) is 10.7. The molecule has 1 aromatic heterocycles. The van der Waals surface area contributed by atoms with Gasteiger partial charge in [0.15, 0.2) is 0 Å². The van der Waals surface area contributed by atoms with Gasteiger partial charge < -0.3 is 30.1 Å². The van der Waals surface area contributed by atoms with Gasteiger partial charge in [-0.25, -0.2) is 0 Å². The highest BCUT2D eigenvalue weighted by atomic mass is 35.5. The number of nitrogens with one attached hydrogen (secondary N) is 1. The van der Waals surface area contributed by atoms with Crippen LogP contribution in [0.1, 0.15) is 37.7 Å². The first kappa shape index (κ1) is 15.7. The first-order valence-electron chi connectivity index (χ1n) is 5.57. The van der Waals surface area contributed by atoms with E-state index in [1.165, 1.54) is 37.7 Å². The van der Waals surface area contributed by atoms with E-state index >= 15 is 0 Å². The van der Waals surface area contributed by atoms with Crippen LogP contribution in [0.3, 0.4) is 0 Å². The summed E-state index contributed by atoms with van der Waals surface area (Å²) >= 11 is 0. The van der Waals surface area contributed by atoms with Gasteiger partial charge in [-0.15, -0.1) is 0 Å². The minimum Gasteiger partial charge on any atom is -1.00 e. The van der Waals surface area contributed by atoms with Crippen LogP contribution < -0.4 is 30.1 Å². The van der Waals surface area contributed by atoms with Crippen LogP contribution in [0.4, 0.5) is 0 Å². The van der Waals surface area contributed by atoms with Crippen LogP contribution in [0.2, 0.25) is 0 Å². The number of halogens is 2. The lowest BCUT2D eigenvalue weighted by molar-refractivity contribution is -0.001000. The molecule has 1 N–H and O–H groups in total. The van der Waals surface area contributed by atoms with Gasteiger partial charge in [-0.3, -0.25) is 4.98 Å². The normalized spacial score (nSPS) is 16.0. The van der Waals surface area contributed by atoms with Crippen molar-refractivity contribution < 1.29 is 24.8 Å². The van der Waals surface area contributed by atoms with Crippen molar-refractivity contribution in [1.82, 2.24) is 10.3 Å². The number of hydrogen-bond donors (Lipinski definition) is 1. The van der Waals surface area contributed by atoms with Crippen molar-refractivity contribution in [2.75, 3.05) is 0 Å². The Kier molecular flexibility index (Phi) is 8.63. The van der Waals surface area contributed by atoms with E-state index < -0.39 is 0 Å². The lowest BCUT2D eigenvalue weighted by Crippen LogP contribution is -3.00. The Morgan fingerprint density at radius 3 is 2.56 bits per heavy atom. The Labute approximate surface area is 110 Å². The summed E-state index contributed by atoms with van der Waals surface area (Å²) in [5, 5.41) is 3.60. The molecule has 0 atom stereocenters. The van der Waals surface area contributed by atoms with Gasteiger partial charge in [0.2, 0.25) is 0 Å². The number of pyridine rings is 1. The molecule has 92 valence electrons. The van der Waals surface area contributed by atoms with Crippen molar-refractivity contribution in [2.45, 2.75) is 44.7 Å². The van der Waals surface area contributed by atoms with E-state index in [0.29, 0.717) is 0 Å². The molecule has 1 aromatic rings. The third kappa shape index (κ3) is 5.15. The zero-order chi connectivity index (χ0) is 9.64. The summed E-state index contributed by atoms with van der Waals surface area (Å²) < 4.78 is 0. The highest BCUT2D eigenvalue weighted by Crippen LogP contribution is 2.17. The second kappa shape index (κ2) is 8.80. The predicted octanol–water partition coefficient (Wildman–Crippen LogP) is -3.49. The van der Waals surface area contributed by atoms with Crippen LogP contribution in [0.15, 0.2) is 24.5 Å². The summed E-state index contributed by atoms with van der Waals surface area (Å²) in [5.74, 6) is 0. The molecule has 0 aromatic carbocycles. The van der Waals surface area contributed by atoms with Crippen LogP contribution in [-0.2, 0) is 6.54 Å². The van der Waals surface area contributed by atoms with Crippen LogP contribution in [-0.4, -0.2) is 11.0 Å². The second-order valence-electron chi connectivity index (χ2n) is 4.08. The quantitative estimate of drug-likeness (QED) is 0.611. The minimum absolute atomic E-state index is 0. The number of nitrogens with zero attached hydrogens (tertiary/aromatic N) is 1. The predicted molar refractivity (Wildman–Crippen MR) is 57.9 cm³/mol. The zero-order valence-electron chi connectivity index (χ0n) is 9.33. The van der Waals surface area contributed by atoms with E-state index in [2.05, 4.69) is 16.4 Å². The van der Waals surface area contributed by atoms with E-state index in [4.69, 9.17) is 0 Å². The summed E-state index contributed by atoms with van der Waals surface area (Å²) in [5.41, 5.74) is 1.29. The van der Waals surface area contributed by atoms with Crippen molar-refractivity contribution in [1.29, 1.82) is 0 Å². The average molecular weight is 261 g/mol. The molecule has 0 unspecified atom stereocenters. The molecule has 0 spiro atoms. The van der Waals surface area contributed by atoms with Gasteiger partial charge in [-0.05, 0) is 24.5 Å². The third-order valence-electron chi connectivity index (χ3n) is 2.92. The average Bonchev–Trinajstić information content (AvgIpc) is 2.29. The Morgan fingerprint density at radius 2 is 1.94 bits per heavy atom. The highest BCUT2D eigenvalue weighted by molar-refractivity contribution is 5.08. The molecule has 0 bridgehead atoms. The monoisotopic (exact) mass is 260 g/mol. The fraction of sp³-hybridized carbons (Fsp3) is 0.583. The molecule has 4 heteroatoms. The summed E-state index contributed by atoms with van der Waals surface area (Å²) in [4.78, 5) is 4.11. The lowest BCUT2D eigenvalue weighted by atomic mass is 9.95. The van der Waals surface area contributed by atoms with Gasteiger partial charge in [0.1, 0.15) is 0 Å². The fourth-order valence-corrected chi connectivity index (χ4v) is 2.07. The molecule has 0 aliphatic heterocycles. The smallest absolute Gasteiger partial charge is 0.0312 e. The van der Waals surface area contributed by atoms with Crippen molar-refractivity contribution in [3.8, 4) is 0 Å². The van der Waals surface area contributed by atoms with Crippen molar-refractivity contribution in [2.24, 2.45) is 0 Å². The van der Waals surface area contributed by atoms with Crippen LogP contribution in [0, 0.1) is 0 Å². The third-order valence-corrected chi connectivity index (χ3v) is 2.92. The number of hydrogen-bond acceptors (Lipinski definition) is 2. The summed E-state index contributed by atoms with van der Waals surface area (Å²) in [7, 11) is 0. The Balaban J connectivity index is 0.00000112. The Bertz CT molecular complexity index is 261. The van der Waals surface area contributed by atoms with E-state index in [1.807, 2.05) is 18.5 Å². The molecule has 2 nitrogen and oxygen atoms in total. The van der Waals surface area contributed by atoms with Crippen molar-refractivity contribution in [3.63, 3.8) is 0 Å².